The van der Waals surface area contributed by atoms with Gasteiger partial charge < -0.3 is 15.6 Å². The Bertz CT molecular complexity index is 363. The van der Waals surface area contributed by atoms with Crippen LogP contribution in [0.1, 0.15) is 24.0 Å². The van der Waals surface area contributed by atoms with Gasteiger partial charge in [-0.3, -0.25) is 10.2 Å². The van der Waals surface area contributed by atoms with Crippen molar-refractivity contribution in [1.29, 1.82) is 0 Å². The van der Waals surface area contributed by atoms with Crippen LogP contribution >= 0.6 is 11.3 Å². The van der Waals surface area contributed by atoms with Gasteiger partial charge in [-0.15, -0.1) is 11.3 Å². The summed E-state index contributed by atoms with van der Waals surface area (Å²) in [6, 6.07) is 0.244. The Morgan fingerprint density at radius 1 is 1.74 bits per heavy atom. The molecule has 2 unspecified atom stereocenters. The van der Waals surface area contributed by atoms with Crippen LogP contribution in [0.2, 0.25) is 0 Å². The molecule has 3 atom stereocenters. The van der Waals surface area contributed by atoms with Crippen LogP contribution in [0.3, 0.4) is 0 Å². The monoisotopic (exact) mass is 286 g/mol. The lowest BCUT2D eigenvalue weighted by molar-refractivity contribution is -0.0783. The average Bonchev–Trinajstić information content (AvgIpc) is 3.06. The second kappa shape index (κ2) is 7.28. The molecule has 2 heterocycles. The number of ether oxygens (including phenoxy) is 1. The van der Waals surface area contributed by atoms with Gasteiger partial charge in [-0.1, -0.05) is 0 Å². The van der Waals surface area contributed by atoms with Gasteiger partial charge in [-0.05, 0) is 6.42 Å². The molecular formula is C12H22N4O2S. The Balaban J connectivity index is 1.91. The summed E-state index contributed by atoms with van der Waals surface area (Å²) in [6.07, 6.45) is 2.75. The van der Waals surface area contributed by atoms with Crippen molar-refractivity contribution in [3.8, 4) is 0 Å². The molecule has 7 heteroatoms. The molecule has 0 saturated carbocycles. The van der Waals surface area contributed by atoms with Crippen molar-refractivity contribution >= 4 is 11.3 Å². The van der Waals surface area contributed by atoms with Crippen LogP contribution in [0.15, 0.2) is 11.6 Å². The first-order valence-corrected chi connectivity index (χ1v) is 7.42. The first kappa shape index (κ1) is 14.8. The van der Waals surface area contributed by atoms with E-state index in [-0.39, 0.29) is 12.2 Å². The number of nitrogens with zero attached hydrogens (tertiary/aromatic N) is 2. The number of nitrogens with two attached hydrogens (primary N) is 1. The Hall–Kier alpha value is -0.570. The molecule has 0 amide bonds. The van der Waals surface area contributed by atoms with Gasteiger partial charge in [0.15, 0.2) is 6.29 Å². The molecule has 1 aromatic rings. The van der Waals surface area contributed by atoms with E-state index >= 15 is 0 Å². The molecule has 1 saturated heterocycles. The molecule has 0 aliphatic carbocycles. The maximum atomic E-state index is 9.40. The van der Waals surface area contributed by atoms with Gasteiger partial charge in [-0.25, -0.2) is 4.98 Å². The molecule has 0 spiro atoms. The molecule has 0 radical (unpaired) electrons. The average molecular weight is 286 g/mol. The van der Waals surface area contributed by atoms with E-state index in [1.807, 2.05) is 11.6 Å². The minimum atomic E-state index is -0.717. The Labute approximate surface area is 117 Å². The molecular weight excluding hydrogens is 264 g/mol. The van der Waals surface area contributed by atoms with E-state index in [1.54, 1.807) is 11.3 Å². The van der Waals surface area contributed by atoms with Crippen molar-refractivity contribution in [2.75, 3.05) is 26.7 Å². The van der Waals surface area contributed by atoms with Gasteiger partial charge in [0.05, 0.1) is 0 Å². The minimum Gasteiger partial charge on any atom is -0.368 e. The van der Waals surface area contributed by atoms with E-state index in [0.29, 0.717) is 13.0 Å². The topological polar surface area (TPSA) is 83.6 Å². The van der Waals surface area contributed by atoms with Crippen LogP contribution in [0.5, 0.6) is 0 Å². The van der Waals surface area contributed by atoms with Gasteiger partial charge in [0.1, 0.15) is 11.2 Å². The fourth-order valence-electron chi connectivity index (χ4n) is 2.25. The SMILES string of the molecule is COC(O)CCNC(c1nccs1)N1CC[C@H](N)C1. The van der Waals surface area contributed by atoms with Gasteiger partial charge in [0.25, 0.3) is 0 Å². The summed E-state index contributed by atoms with van der Waals surface area (Å²) in [7, 11) is 1.50. The highest BCUT2D eigenvalue weighted by atomic mass is 32.1. The van der Waals surface area contributed by atoms with Crippen molar-refractivity contribution < 1.29 is 9.84 Å². The molecule has 19 heavy (non-hydrogen) atoms. The van der Waals surface area contributed by atoms with E-state index < -0.39 is 6.29 Å². The summed E-state index contributed by atoms with van der Waals surface area (Å²) >= 11 is 1.63. The molecule has 0 bridgehead atoms. The lowest BCUT2D eigenvalue weighted by Gasteiger charge is -2.27. The fraction of sp³-hybridized carbons (Fsp3) is 0.750. The number of aromatic nitrogens is 1. The lowest BCUT2D eigenvalue weighted by atomic mass is 10.3. The third-order valence-electron chi connectivity index (χ3n) is 3.31. The molecule has 1 aromatic heterocycles. The summed E-state index contributed by atoms with van der Waals surface area (Å²) in [6.45, 7) is 2.53. The molecule has 0 aromatic carbocycles. The first-order chi connectivity index (χ1) is 9.20. The summed E-state index contributed by atoms with van der Waals surface area (Å²) in [4.78, 5) is 6.69. The number of hydrogen-bond acceptors (Lipinski definition) is 7. The smallest absolute Gasteiger partial charge is 0.155 e. The third-order valence-corrected chi connectivity index (χ3v) is 4.14. The maximum Gasteiger partial charge on any atom is 0.155 e. The highest BCUT2D eigenvalue weighted by molar-refractivity contribution is 7.09. The zero-order chi connectivity index (χ0) is 13.7. The van der Waals surface area contributed by atoms with Crippen LogP contribution < -0.4 is 11.1 Å². The fourth-order valence-corrected chi connectivity index (χ4v) is 3.00. The van der Waals surface area contributed by atoms with Crippen LogP contribution in [0.4, 0.5) is 0 Å². The zero-order valence-corrected chi connectivity index (χ0v) is 12.0. The first-order valence-electron chi connectivity index (χ1n) is 6.54. The molecule has 2 rings (SSSR count). The normalized spacial score (nSPS) is 23.6. The lowest BCUT2D eigenvalue weighted by Crippen LogP contribution is -2.39. The van der Waals surface area contributed by atoms with Crippen molar-refractivity contribution in [3.63, 3.8) is 0 Å². The second-order valence-electron chi connectivity index (χ2n) is 4.75. The van der Waals surface area contributed by atoms with Gasteiger partial charge in [-0.2, -0.15) is 0 Å². The van der Waals surface area contributed by atoms with Crippen molar-refractivity contribution in [2.45, 2.75) is 31.3 Å². The maximum absolute atomic E-state index is 9.40. The van der Waals surface area contributed by atoms with Crippen molar-refractivity contribution in [1.82, 2.24) is 15.2 Å². The van der Waals surface area contributed by atoms with Crippen LogP contribution in [0, 0.1) is 0 Å². The highest BCUT2D eigenvalue weighted by Crippen LogP contribution is 2.24. The number of thiazole rings is 1. The van der Waals surface area contributed by atoms with Crippen molar-refractivity contribution in [2.24, 2.45) is 5.73 Å². The summed E-state index contributed by atoms with van der Waals surface area (Å²) in [5.41, 5.74) is 5.97. The largest absolute Gasteiger partial charge is 0.368 e. The molecule has 1 fully saturated rings. The summed E-state index contributed by atoms with van der Waals surface area (Å²) < 4.78 is 4.83. The van der Waals surface area contributed by atoms with E-state index in [0.717, 1.165) is 24.5 Å². The number of likely N-dealkylation sites (tertiary alicyclic amines) is 1. The zero-order valence-electron chi connectivity index (χ0n) is 11.2. The number of rotatable bonds is 7. The Morgan fingerprint density at radius 2 is 2.58 bits per heavy atom. The van der Waals surface area contributed by atoms with E-state index in [2.05, 4.69) is 15.2 Å². The van der Waals surface area contributed by atoms with Crippen molar-refractivity contribution in [3.05, 3.63) is 16.6 Å². The number of aliphatic hydroxyl groups excluding tert-OH is 1. The van der Waals surface area contributed by atoms with E-state index in [9.17, 15) is 5.11 Å². The number of hydrogen-bond donors (Lipinski definition) is 3. The number of aliphatic hydroxyl groups is 1. The standard InChI is InChI=1S/C12H22N4O2S/c1-18-10(17)2-4-14-11(12-15-5-7-19-12)16-6-3-9(13)8-16/h5,7,9-11,14,17H,2-4,6,8,13H2,1H3/t9-,10?,11?/m0/s1. The molecule has 1 aliphatic heterocycles. The molecule has 4 N–H and O–H groups in total. The van der Waals surface area contributed by atoms with E-state index in [1.165, 1.54) is 7.11 Å². The molecule has 108 valence electrons. The van der Waals surface area contributed by atoms with Gasteiger partial charge >= 0.3 is 0 Å². The molecule has 1 aliphatic rings. The summed E-state index contributed by atoms with van der Waals surface area (Å²) in [5.74, 6) is 0. The Kier molecular flexibility index (Phi) is 5.68. The van der Waals surface area contributed by atoms with Crippen LogP contribution in [0.25, 0.3) is 0 Å². The highest BCUT2D eigenvalue weighted by Gasteiger charge is 2.28. The van der Waals surface area contributed by atoms with Crippen LogP contribution in [-0.4, -0.2) is 54.1 Å². The van der Waals surface area contributed by atoms with Gasteiger partial charge in [0, 0.05) is 50.8 Å². The van der Waals surface area contributed by atoms with Gasteiger partial charge in [0.2, 0.25) is 0 Å². The predicted molar refractivity (Wildman–Crippen MR) is 74.7 cm³/mol. The minimum absolute atomic E-state index is 0.0811. The second-order valence-corrected chi connectivity index (χ2v) is 5.68. The number of nitrogens with one attached hydrogen (secondary N) is 1. The molecule has 6 nitrogen and oxygen atoms in total. The third kappa shape index (κ3) is 4.20. The van der Waals surface area contributed by atoms with E-state index in [4.69, 9.17) is 10.5 Å². The number of methoxy groups -OCH3 is 1. The van der Waals surface area contributed by atoms with Crippen LogP contribution in [-0.2, 0) is 4.74 Å². The predicted octanol–water partition coefficient (Wildman–Crippen LogP) is 0.119. The quantitative estimate of drug-likeness (QED) is 0.618. The Morgan fingerprint density at radius 3 is 3.16 bits per heavy atom. The summed E-state index contributed by atoms with van der Waals surface area (Å²) in [5, 5.41) is 15.8.